The second-order valence-electron chi connectivity index (χ2n) is 6.57. The third-order valence-electron chi connectivity index (χ3n) is 5.03. The quantitative estimate of drug-likeness (QED) is 0.882. The van der Waals surface area contributed by atoms with Crippen molar-refractivity contribution >= 4 is 0 Å². The highest BCUT2D eigenvalue weighted by molar-refractivity contribution is 5.63. The van der Waals surface area contributed by atoms with Gasteiger partial charge in [0.25, 0.3) is 0 Å². The summed E-state index contributed by atoms with van der Waals surface area (Å²) in [6.07, 6.45) is 0.426. The van der Waals surface area contributed by atoms with Crippen molar-refractivity contribution in [3.8, 4) is 11.1 Å². The van der Waals surface area contributed by atoms with Crippen molar-refractivity contribution in [2.45, 2.75) is 19.4 Å². The summed E-state index contributed by atoms with van der Waals surface area (Å²) in [6.45, 7) is 8.87. The lowest BCUT2D eigenvalue weighted by molar-refractivity contribution is 0.105. The highest BCUT2D eigenvalue weighted by atomic mass is 16.3. The van der Waals surface area contributed by atoms with Gasteiger partial charge in [-0.2, -0.15) is 0 Å². The number of likely N-dealkylation sites (N-methyl/N-ethyl adjacent to an activating group) is 1. The first-order valence-corrected chi connectivity index (χ1v) is 9.04. The Hall–Kier alpha value is -1.68. The molecule has 0 bridgehead atoms. The van der Waals surface area contributed by atoms with Crippen LogP contribution in [0.5, 0.6) is 0 Å². The van der Waals surface area contributed by atoms with Gasteiger partial charge < -0.3 is 14.9 Å². The van der Waals surface area contributed by atoms with E-state index in [0.29, 0.717) is 0 Å². The zero-order valence-electron chi connectivity index (χ0n) is 14.6. The van der Waals surface area contributed by atoms with Crippen LogP contribution in [0.25, 0.3) is 11.1 Å². The Morgan fingerprint density at radius 3 is 2.04 bits per heavy atom. The summed E-state index contributed by atoms with van der Waals surface area (Å²) < 4.78 is 0. The Morgan fingerprint density at radius 2 is 1.42 bits per heavy atom. The molecule has 0 saturated carbocycles. The number of benzene rings is 2. The lowest BCUT2D eigenvalue weighted by atomic mass is 10.0. The largest absolute Gasteiger partial charge is 0.388 e. The fourth-order valence-electron chi connectivity index (χ4n) is 3.33. The first-order valence-electron chi connectivity index (χ1n) is 9.04. The zero-order chi connectivity index (χ0) is 16.8. The van der Waals surface area contributed by atoms with Crippen LogP contribution in [0.4, 0.5) is 0 Å². The average Bonchev–Trinajstić information content (AvgIpc) is 2.67. The lowest BCUT2D eigenvalue weighted by Gasteiger charge is -2.34. The average molecular weight is 324 g/mol. The SMILES string of the molecule is CCN1CCN(CCC(O)c2ccc(-c3ccccc3)cc2)CC1. The van der Waals surface area contributed by atoms with Gasteiger partial charge in [-0.3, -0.25) is 0 Å². The van der Waals surface area contributed by atoms with E-state index in [2.05, 4.69) is 65.3 Å². The minimum absolute atomic E-state index is 0.376. The summed E-state index contributed by atoms with van der Waals surface area (Å²) in [5.41, 5.74) is 3.43. The van der Waals surface area contributed by atoms with E-state index in [-0.39, 0.29) is 6.10 Å². The van der Waals surface area contributed by atoms with E-state index in [0.717, 1.165) is 51.3 Å². The van der Waals surface area contributed by atoms with Crippen LogP contribution in [-0.2, 0) is 0 Å². The summed E-state index contributed by atoms with van der Waals surface area (Å²) >= 11 is 0. The second-order valence-corrected chi connectivity index (χ2v) is 6.57. The molecular weight excluding hydrogens is 296 g/mol. The first-order chi connectivity index (χ1) is 11.8. The number of aliphatic hydroxyl groups excluding tert-OH is 1. The summed E-state index contributed by atoms with van der Waals surface area (Å²) in [7, 11) is 0. The van der Waals surface area contributed by atoms with Crippen LogP contribution in [0.15, 0.2) is 54.6 Å². The number of hydrogen-bond acceptors (Lipinski definition) is 3. The van der Waals surface area contributed by atoms with Crippen LogP contribution in [0.1, 0.15) is 25.0 Å². The smallest absolute Gasteiger partial charge is 0.0802 e. The van der Waals surface area contributed by atoms with Gasteiger partial charge in [0.1, 0.15) is 0 Å². The van der Waals surface area contributed by atoms with Gasteiger partial charge in [0.15, 0.2) is 0 Å². The lowest BCUT2D eigenvalue weighted by Crippen LogP contribution is -2.46. The van der Waals surface area contributed by atoms with E-state index in [9.17, 15) is 5.11 Å². The van der Waals surface area contributed by atoms with Gasteiger partial charge >= 0.3 is 0 Å². The minimum Gasteiger partial charge on any atom is -0.388 e. The number of aliphatic hydroxyl groups is 1. The zero-order valence-corrected chi connectivity index (χ0v) is 14.6. The molecule has 2 aromatic carbocycles. The van der Waals surface area contributed by atoms with E-state index >= 15 is 0 Å². The van der Waals surface area contributed by atoms with Gasteiger partial charge in [0.2, 0.25) is 0 Å². The topological polar surface area (TPSA) is 26.7 Å². The molecule has 3 heteroatoms. The van der Waals surface area contributed by atoms with E-state index in [1.807, 2.05) is 6.07 Å². The molecule has 0 amide bonds. The van der Waals surface area contributed by atoms with Crippen molar-refractivity contribution in [3.63, 3.8) is 0 Å². The Labute approximate surface area is 145 Å². The van der Waals surface area contributed by atoms with Crippen molar-refractivity contribution in [1.82, 2.24) is 9.80 Å². The maximum atomic E-state index is 10.5. The standard InChI is InChI=1S/C21H28N2O/c1-2-22-14-16-23(17-15-22)13-12-21(24)20-10-8-19(9-11-20)18-6-4-3-5-7-18/h3-11,21,24H,2,12-17H2,1H3. The van der Waals surface area contributed by atoms with Crippen molar-refractivity contribution < 1.29 is 5.11 Å². The van der Waals surface area contributed by atoms with E-state index < -0.39 is 0 Å². The van der Waals surface area contributed by atoms with Crippen LogP contribution in [0, 0.1) is 0 Å². The second kappa shape index (κ2) is 8.43. The number of piperazine rings is 1. The van der Waals surface area contributed by atoms with Gasteiger partial charge in [-0.15, -0.1) is 0 Å². The molecule has 0 aromatic heterocycles. The Kier molecular flexibility index (Phi) is 6.02. The Balaban J connectivity index is 1.51. The predicted octanol–water partition coefficient (Wildman–Crippen LogP) is 3.41. The monoisotopic (exact) mass is 324 g/mol. The number of nitrogens with zero attached hydrogens (tertiary/aromatic N) is 2. The fourth-order valence-corrected chi connectivity index (χ4v) is 3.33. The molecule has 1 aliphatic rings. The van der Waals surface area contributed by atoms with Crippen molar-refractivity contribution in [3.05, 3.63) is 60.2 Å². The highest BCUT2D eigenvalue weighted by Crippen LogP contribution is 2.23. The highest BCUT2D eigenvalue weighted by Gasteiger charge is 2.16. The van der Waals surface area contributed by atoms with Gasteiger partial charge in [-0.05, 0) is 29.7 Å². The minimum atomic E-state index is -0.376. The fraction of sp³-hybridized carbons (Fsp3) is 0.429. The molecule has 2 aromatic rings. The van der Waals surface area contributed by atoms with Crippen molar-refractivity contribution in [1.29, 1.82) is 0 Å². The van der Waals surface area contributed by atoms with Crippen molar-refractivity contribution in [2.75, 3.05) is 39.3 Å². The molecule has 0 aliphatic carbocycles. The summed E-state index contributed by atoms with van der Waals surface area (Å²) in [4.78, 5) is 4.95. The molecular formula is C21H28N2O. The van der Waals surface area contributed by atoms with E-state index in [1.165, 1.54) is 11.1 Å². The molecule has 1 aliphatic heterocycles. The molecule has 1 unspecified atom stereocenters. The molecule has 3 rings (SSSR count). The molecule has 1 atom stereocenters. The maximum Gasteiger partial charge on any atom is 0.0802 e. The first kappa shape index (κ1) is 17.2. The van der Waals surface area contributed by atoms with Gasteiger partial charge in [0.05, 0.1) is 6.10 Å². The molecule has 1 N–H and O–H groups in total. The van der Waals surface area contributed by atoms with E-state index in [4.69, 9.17) is 0 Å². The normalized spacial score (nSPS) is 17.8. The molecule has 1 heterocycles. The van der Waals surface area contributed by atoms with Gasteiger partial charge in [-0.1, -0.05) is 61.5 Å². The third-order valence-corrected chi connectivity index (χ3v) is 5.03. The number of rotatable bonds is 6. The van der Waals surface area contributed by atoms with Crippen LogP contribution >= 0.6 is 0 Å². The van der Waals surface area contributed by atoms with Crippen LogP contribution in [0.2, 0.25) is 0 Å². The molecule has 0 spiro atoms. The molecule has 1 saturated heterocycles. The van der Waals surface area contributed by atoms with Crippen LogP contribution < -0.4 is 0 Å². The predicted molar refractivity (Wildman–Crippen MR) is 100 cm³/mol. The maximum absolute atomic E-state index is 10.5. The Morgan fingerprint density at radius 1 is 0.833 bits per heavy atom. The van der Waals surface area contributed by atoms with Gasteiger partial charge in [0, 0.05) is 32.7 Å². The third kappa shape index (κ3) is 4.44. The molecule has 128 valence electrons. The Bertz CT molecular complexity index is 603. The molecule has 0 radical (unpaired) electrons. The van der Waals surface area contributed by atoms with Crippen LogP contribution in [-0.4, -0.2) is 54.2 Å². The molecule has 24 heavy (non-hydrogen) atoms. The summed E-state index contributed by atoms with van der Waals surface area (Å²) in [5.74, 6) is 0. The number of hydrogen-bond donors (Lipinski definition) is 1. The molecule has 1 fully saturated rings. The summed E-state index contributed by atoms with van der Waals surface area (Å²) in [5, 5.41) is 10.5. The van der Waals surface area contributed by atoms with Crippen molar-refractivity contribution in [2.24, 2.45) is 0 Å². The summed E-state index contributed by atoms with van der Waals surface area (Å²) in [6, 6.07) is 18.7. The van der Waals surface area contributed by atoms with Crippen LogP contribution in [0.3, 0.4) is 0 Å². The van der Waals surface area contributed by atoms with E-state index in [1.54, 1.807) is 0 Å². The molecule has 3 nitrogen and oxygen atoms in total. The van der Waals surface area contributed by atoms with Gasteiger partial charge in [-0.25, -0.2) is 0 Å².